The molecule has 1 aromatic carbocycles. The minimum absolute atomic E-state index is 0.0645. The van der Waals surface area contributed by atoms with Gasteiger partial charge in [-0.05, 0) is 25.1 Å². The van der Waals surface area contributed by atoms with E-state index in [0.717, 1.165) is 6.07 Å². The Hall–Kier alpha value is -2.84. The molecule has 1 fully saturated rings. The molecule has 0 bridgehead atoms. The first kappa shape index (κ1) is 18.9. The van der Waals surface area contributed by atoms with E-state index in [1.54, 1.807) is 34.1 Å². The fraction of sp³-hybridized carbons (Fsp3) is 0.389. The molecule has 144 valence electrons. The summed E-state index contributed by atoms with van der Waals surface area (Å²) >= 11 is 0. The van der Waals surface area contributed by atoms with E-state index >= 15 is 0 Å². The van der Waals surface area contributed by atoms with Crippen LogP contribution in [0.5, 0.6) is 5.75 Å². The van der Waals surface area contributed by atoms with Gasteiger partial charge in [0.25, 0.3) is 5.91 Å². The predicted octanol–water partition coefficient (Wildman–Crippen LogP) is 2.77. The van der Waals surface area contributed by atoms with Crippen LogP contribution in [0.3, 0.4) is 0 Å². The highest BCUT2D eigenvalue weighted by atomic mass is 19.4. The first-order valence-electron chi connectivity index (χ1n) is 8.39. The highest BCUT2D eigenvalue weighted by Crippen LogP contribution is 2.30. The molecule has 3 rings (SSSR count). The molecule has 2 heterocycles. The zero-order valence-corrected chi connectivity index (χ0v) is 15.0. The standard InChI is InChI=1S/C18H19F3N4O2/c1-12-22-15(18(19,20)21)11-16(23-12)24-6-8-25(9-7-24)17(26)13-4-3-5-14(10-13)27-2/h3-5,10-11H,6-9H2,1-2H3. The largest absolute Gasteiger partial charge is 0.497 e. The summed E-state index contributed by atoms with van der Waals surface area (Å²) in [6.45, 7) is 3.00. The van der Waals surface area contributed by atoms with Crippen LogP contribution in [-0.2, 0) is 6.18 Å². The molecule has 2 aromatic rings. The van der Waals surface area contributed by atoms with Gasteiger partial charge in [-0.3, -0.25) is 4.79 Å². The maximum absolute atomic E-state index is 13.0. The molecule has 6 nitrogen and oxygen atoms in total. The third-order valence-electron chi connectivity index (χ3n) is 4.32. The lowest BCUT2D eigenvalue weighted by Gasteiger charge is -2.35. The second kappa shape index (κ2) is 7.42. The van der Waals surface area contributed by atoms with Crippen molar-refractivity contribution in [1.29, 1.82) is 0 Å². The molecule has 0 spiro atoms. The molecule has 0 aliphatic carbocycles. The van der Waals surface area contributed by atoms with E-state index in [9.17, 15) is 18.0 Å². The molecule has 1 aliphatic heterocycles. The van der Waals surface area contributed by atoms with E-state index in [4.69, 9.17) is 4.74 Å². The van der Waals surface area contributed by atoms with Gasteiger partial charge in [-0.25, -0.2) is 9.97 Å². The van der Waals surface area contributed by atoms with Crippen LogP contribution >= 0.6 is 0 Å². The minimum atomic E-state index is -4.52. The Morgan fingerprint density at radius 1 is 1.11 bits per heavy atom. The van der Waals surface area contributed by atoms with Crippen molar-refractivity contribution in [2.45, 2.75) is 13.1 Å². The number of piperazine rings is 1. The van der Waals surface area contributed by atoms with E-state index in [1.165, 1.54) is 14.0 Å². The van der Waals surface area contributed by atoms with E-state index in [0.29, 0.717) is 37.5 Å². The van der Waals surface area contributed by atoms with Crippen LogP contribution in [0.25, 0.3) is 0 Å². The lowest BCUT2D eigenvalue weighted by Crippen LogP contribution is -2.49. The summed E-state index contributed by atoms with van der Waals surface area (Å²) in [5, 5.41) is 0. The monoisotopic (exact) mass is 380 g/mol. The number of benzene rings is 1. The number of carbonyl (C=O) groups excluding carboxylic acids is 1. The SMILES string of the molecule is COc1cccc(C(=O)N2CCN(c3cc(C(F)(F)F)nc(C)n3)CC2)c1. The Balaban J connectivity index is 1.70. The second-order valence-corrected chi connectivity index (χ2v) is 6.17. The maximum Gasteiger partial charge on any atom is 0.433 e. The zero-order valence-electron chi connectivity index (χ0n) is 15.0. The number of amides is 1. The number of methoxy groups -OCH3 is 1. The van der Waals surface area contributed by atoms with Gasteiger partial charge in [0.15, 0.2) is 0 Å². The van der Waals surface area contributed by atoms with Crippen LogP contribution in [0.15, 0.2) is 30.3 Å². The Kier molecular flexibility index (Phi) is 5.20. The van der Waals surface area contributed by atoms with Gasteiger partial charge in [-0.2, -0.15) is 13.2 Å². The van der Waals surface area contributed by atoms with Gasteiger partial charge in [0.2, 0.25) is 0 Å². The molecule has 0 atom stereocenters. The Morgan fingerprint density at radius 3 is 2.44 bits per heavy atom. The van der Waals surface area contributed by atoms with Crippen molar-refractivity contribution in [2.24, 2.45) is 0 Å². The van der Waals surface area contributed by atoms with Crippen molar-refractivity contribution in [3.63, 3.8) is 0 Å². The lowest BCUT2D eigenvalue weighted by molar-refractivity contribution is -0.141. The number of halogens is 3. The molecule has 1 saturated heterocycles. The third-order valence-corrected chi connectivity index (χ3v) is 4.32. The number of ether oxygens (including phenoxy) is 1. The Labute approximate surface area is 154 Å². The summed E-state index contributed by atoms with van der Waals surface area (Å²) in [7, 11) is 1.53. The van der Waals surface area contributed by atoms with Gasteiger partial charge in [-0.15, -0.1) is 0 Å². The fourth-order valence-electron chi connectivity index (χ4n) is 2.94. The van der Waals surface area contributed by atoms with Crippen LogP contribution in [0, 0.1) is 6.92 Å². The number of anilines is 1. The molecule has 0 N–H and O–H groups in total. The molecule has 1 aliphatic rings. The maximum atomic E-state index is 13.0. The molecule has 1 amide bonds. The second-order valence-electron chi connectivity index (χ2n) is 6.17. The number of aryl methyl sites for hydroxylation is 1. The van der Waals surface area contributed by atoms with Crippen molar-refractivity contribution in [1.82, 2.24) is 14.9 Å². The van der Waals surface area contributed by atoms with Gasteiger partial charge in [0.1, 0.15) is 23.1 Å². The molecule has 9 heteroatoms. The van der Waals surface area contributed by atoms with Gasteiger partial charge in [-0.1, -0.05) is 6.07 Å². The van der Waals surface area contributed by atoms with Crippen LogP contribution in [0.1, 0.15) is 21.9 Å². The smallest absolute Gasteiger partial charge is 0.433 e. The number of hydrogen-bond donors (Lipinski definition) is 0. The number of alkyl halides is 3. The summed E-state index contributed by atoms with van der Waals surface area (Å²) in [6.07, 6.45) is -4.52. The summed E-state index contributed by atoms with van der Waals surface area (Å²) in [5.74, 6) is 0.747. The molecule has 0 radical (unpaired) electrons. The summed E-state index contributed by atoms with van der Waals surface area (Å²) in [5.41, 5.74) is -0.445. The van der Waals surface area contributed by atoms with Gasteiger partial charge >= 0.3 is 6.18 Å². The van der Waals surface area contributed by atoms with E-state index in [1.807, 2.05) is 0 Å². The summed E-state index contributed by atoms with van der Waals surface area (Å²) in [6, 6.07) is 7.82. The number of nitrogens with zero attached hydrogens (tertiary/aromatic N) is 4. The van der Waals surface area contributed by atoms with Crippen molar-refractivity contribution >= 4 is 11.7 Å². The third kappa shape index (κ3) is 4.29. The normalized spacial score (nSPS) is 15.0. The molecule has 1 aromatic heterocycles. The minimum Gasteiger partial charge on any atom is -0.497 e. The number of rotatable bonds is 3. The number of carbonyl (C=O) groups is 1. The van der Waals surface area contributed by atoms with Crippen LogP contribution in [0.4, 0.5) is 19.0 Å². The van der Waals surface area contributed by atoms with Gasteiger partial charge in [0.05, 0.1) is 7.11 Å². The lowest BCUT2D eigenvalue weighted by atomic mass is 10.1. The first-order chi connectivity index (χ1) is 12.8. The molecule has 0 saturated carbocycles. The Bertz CT molecular complexity index is 834. The molecular weight excluding hydrogens is 361 g/mol. The van der Waals surface area contributed by atoms with Gasteiger partial charge in [0, 0.05) is 37.8 Å². The molecule has 27 heavy (non-hydrogen) atoms. The van der Waals surface area contributed by atoms with Crippen molar-refractivity contribution in [2.75, 3.05) is 38.2 Å². The quantitative estimate of drug-likeness (QED) is 0.820. The molecule has 0 unspecified atom stereocenters. The van der Waals surface area contributed by atoms with E-state index < -0.39 is 11.9 Å². The average molecular weight is 380 g/mol. The van der Waals surface area contributed by atoms with Crippen LogP contribution < -0.4 is 9.64 Å². The van der Waals surface area contributed by atoms with Crippen molar-refractivity contribution in [3.8, 4) is 5.75 Å². The topological polar surface area (TPSA) is 58.6 Å². The summed E-state index contributed by atoms with van der Waals surface area (Å²) < 4.78 is 44.0. The van der Waals surface area contributed by atoms with E-state index in [-0.39, 0.29) is 17.5 Å². The first-order valence-corrected chi connectivity index (χ1v) is 8.39. The number of aromatic nitrogens is 2. The van der Waals surface area contributed by atoms with Gasteiger partial charge < -0.3 is 14.5 Å². The van der Waals surface area contributed by atoms with Crippen molar-refractivity contribution in [3.05, 3.63) is 47.4 Å². The fourth-order valence-corrected chi connectivity index (χ4v) is 2.94. The van der Waals surface area contributed by atoms with E-state index in [2.05, 4.69) is 9.97 Å². The predicted molar refractivity (Wildman–Crippen MR) is 92.9 cm³/mol. The zero-order chi connectivity index (χ0) is 19.6. The number of hydrogen-bond acceptors (Lipinski definition) is 5. The Morgan fingerprint density at radius 2 is 1.81 bits per heavy atom. The van der Waals surface area contributed by atoms with Crippen LogP contribution in [-0.4, -0.2) is 54.1 Å². The summed E-state index contributed by atoms with van der Waals surface area (Å²) in [4.78, 5) is 23.6. The van der Waals surface area contributed by atoms with Crippen LogP contribution in [0.2, 0.25) is 0 Å². The highest BCUT2D eigenvalue weighted by Gasteiger charge is 2.34. The van der Waals surface area contributed by atoms with Crippen molar-refractivity contribution < 1.29 is 22.7 Å². The highest BCUT2D eigenvalue weighted by molar-refractivity contribution is 5.94. The average Bonchev–Trinajstić information content (AvgIpc) is 2.66. The molecular formula is C18H19F3N4O2.